The Balaban J connectivity index is 1.46. The molecule has 0 unspecified atom stereocenters. The minimum Gasteiger partial charge on any atom is -0.469 e. The molecule has 1 saturated carbocycles. The summed E-state index contributed by atoms with van der Waals surface area (Å²) in [7, 11) is -2.22. The number of hydrogen-bond donors (Lipinski definition) is 2. The van der Waals surface area contributed by atoms with E-state index in [0.717, 1.165) is 30.2 Å². The fourth-order valence-corrected chi connectivity index (χ4v) is 7.50. The van der Waals surface area contributed by atoms with E-state index in [2.05, 4.69) is 10.2 Å². The molecule has 1 heterocycles. The molecule has 4 atom stereocenters. The van der Waals surface area contributed by atoms with Gasteiger partial charge in [-0.2, -0.15) is 0 Å². The Morgan fingerprint density at radius 1 is 0.978 bits per heavy atom. The second-order valence-corrected chi connectivity index (χ2v) is 14.0. The van der Waals surface area contributed by atoms with Crippen LogP contribution in [0.1, 0.15) is 76.7 Å². The highest BCUT2D eigenvalue weighted by Gasteiger charge is 2.49. The number of methoxy groups -OCH3 is 1. The van der Waals surface area contributed by atoms with E-state index in [1.54, 1.807) is 53.4 Å². The number of carbonyl (C=O) groups is 3. The van der Waals surface area contributed by atoms with Gasteiger partial charge < -0.3 is 9.64 Å². The smallest absolute Gasteiger partial charge is 0.305 e. The number of benzene rings is 3. The van der Waals surface area contributed by atoms with Crippen molar-refractivity contribution in [1.82, 2.24) is 15.1 Å². The minimum absolute atomic E-state index is 0.0728. The van der Waals surface area contributed by atoms with E-state index >= 15 is 0 Å². The van der Waals surface area contributed by atoms with E-state index in [9.17, 15) is 22.8 Å². The molecule has 0 radical (unpaired) electrons. The summed E-state index contributed by atoms with van der Waals surface area (Å²) in [6.07, 6.45) is 4.64. The third-order valence-electron chi connectivity index (χ3n) is 8.57. The molecule has 3 aromatic carbocycles. The summed E-state index contributed by atoms with van der Waals surface area (Å²) in [5.74, 6) is -1.88. The van der Waals surface area contributed by atoms with Crippen LogP contribution in [-0.4, -0.2) is 56.6 Å². The van der Waals surface area contributed by atoms with Crippen LogP contribution in [-0.2, 0) is 42.2 Å². The number of nitrogens with one attached hydrogen (secondary N) is 2. The van der Waals surface area contributed by atoms with Crippen molar-refractivity contribution in [2.45, 2.75) is 69.2 Å². The van der Waals surface area contributed by atoms with Gasteiger partial charge in [0.1, 0.15) is 0 Å². The van der Waals surface area contributed by atoms with Crippen LogP contribution in [0.5, 0.6) is 0 Å². The number of fused-ring (bicyclic) bond motifs is 1. The van der Waals surface area contributed by atoms with E-state index in [1.807, 2.05) is 24.3 Å². The fraction of sp³-hybridized carbons (Fsp3) is 0.382. The van der Waals surface area contributed by atoms with Crippen LogP contribution in [0, 0.1) is 0 Å². The van der Waals surface area contributed by atoms with Gasteiger partial charge in [0.15, 0.2) is 0 Å². The van der Waals surface area contributed by atoms with Gasteiger partial charge in [-0.25, -0.2) is 18.6 Å². The number of halogens is 1. The molecule has 0 aromatic heterocycles. The number of amides is 2. The molecule has 1 aliphatic carbocycles. The average Bonchev–Trinajstić information content (AvgIpc) is 3.04. The molecule has 3 aromatic rings. The highest BCUT2D eigenvalue weighted by Crippen LogP contribution is 2.46. The van der Waals surface area contributed by atoms with Crippen LogP contribution in [0.15, 0.2) is 72.8 Å². The largest absolute Gasteiger partial charge is 0.469 e. The Kier molecular flexibility index (Phi) is 10.8. The maximum Gasteiger partial charge on any atom is 0.305 e. The zero-order valence-corrected chi connectivity index (χ0v) is 27.4. The molecule has 244 valence electrons. The van der Waals surface area contributed by atoms with E-state index in [4.69, 9.17) is 21.2 Å². The van der Waals surface area contributed by atoms with E-state index in [-0.39, 0.29) is 24.9 Å². The highest BCUT2D eigenvalue weighted by atomic mass is 35.5. The maximum absolute atomic E-state index is 14.3. The molecule has 0 bridgehead atoms. The molecule has 1 fully saturated rings. The van der Waals surface area contributed by atoms with Crippen molar-refractivity contribution in [2.24, 2.45) is 0 Å². The van der Waals surface area contributed by atoms with Crippen LogP contribution in [0.25, 0.3) is 0 Å². The molecular formula is C34H38ClN3O7S. The van der Waals surface area contributed by atoms with Crippen LogP contribution in [0.2, 0.25) is 5.02 Å². The number of esters is 1. The molecule has 2 aliphatic rings. The molecule has 46 heavy (non-hydrogen) atoms. The van der Waals surface area contributed by atoms with Gasteiger partial charge in [-0.05, 0) is 59.7 Å². The zero-order valence-electron chi connectivity index (χ0n) is 25.8. The number of nitrogens with zero attached hydrogens (tertiary/aromatic N) is 1. The summed E-state index contributed by atoms with van der Waals surface area (Å²) in [5, 5.41) is 0.505. The topological polar surface area (TPSA) is 131 Å². The van der Waals surface area contributed by atoms with E-state index < -0.39 is 40.0 Å². The lowest BCUT2D eigenvalue weighted by Crippen LogP contribution is -2.59. The normalized spacial score (nSPS) is 21.4. The molecule has 1 aliphatic heterocycles. The first-order valence-corrected chi connectivity index (χ1v) is 17.5. The third kappa shape index (κ3) is 7.95. The van der Waals surface area contributed by atoms with Crippen molar-refractivity contribution in [3.05, 3.63) is 106 Å². The molecule has 0 spiro atoms. The minimum atomic E-state index is -3.57. The van der Waals surface area contributed by atoms with Crippen molar-refractivity contribution in [3.8, 4) is 0 Å². The SMILES string of the molecule is COC(=O)CCc1cccc(CONC(=O)[C@@H]2c3ccccc3C(=O)N([C@H]3CCCC[C@@H]3NS(C)(=O)=O)[C@H]2c2ccc(Cl)cc2)c1. The first-order valence-electron chi connectivity index (χ1n) is 15.3. The molecular weight excluding hydrogens is 630 g/mol. The van der Waals surface area contributed by atoms with Crippen LogP contribution >= 0.6 is 11.6 Å². The summed E-state index contributed by atoms with van der Waals surface area (Å²) in [5.41, 5.74) is 5.99. The van der Waals surface area contributed by atoms with Gasteiger partial charge in [-0.15, -0.1) is 0 Å². The Morgan fingerprint density at radius 3 is 2.43 bits per heavy atom. The predicted octanol–water partition coefficient (Wildman–Crippen LogP) is 4.83. The van der Waals surface area contributed by atoms with Gasteiger partial charge in [0.2, 0.25) is 10.0 Å². The second-order valence-electron chi connectivity index (χ2n) is 11.8. The number of aryl methyl sites for hydroxylation is 1. The third-order valence-corrected chi connectivity index (χ3v) is 9.55. The van der Waals surface area contributed by atoms with Gasteiger partial charge >= 0.3 is 5.97 Å². The van der Waals surface area contributed by atoms with Crippen LogP contribution < -0.4 is 10.2 Å². The lowest BCUT2D eigenvalue weighted by atomic mass is 9.76. The highest BCUT2D eigenvalue weighted by molar-refractivity contribution is 7.88. The summed E-state index contributed by atoms with van der Waals surface area (Å²) in [4.78, 5) is 47.5. The Hall–Kier alpha value is -3.77. The number of carbonyl (C=O) groups excluding carboxylic acids is 3. The number of ether oxygens (including phenoxy) is 1. The van der Waals surface area contributed by atoms with E-state index in [0.29, 0.717) is 41.0 Å². The first-order chi connectivity index (χ1) is 22.1. The molecule has 2 amide bonds. The first kappa shape index (κ1) is 33.6. The number of rotatable bonds is 11. The average molecular weight is 668 g/mol. The van der Waals surface area contributed by atoms with Crippen molar-refractivity contribution in [3.63, 3.8) is 0 Å². The van der Waals surface area contributed by atoms with Crippen LogP contribution in [0.3, 0.4) is 0 Å². The number of sulfonamides is 1. The number of hydroxylamine groups is 1. The molecule has 2 N–H and O–H groups in total. The van der Waals surface area contributed by atoms with Crippen LogP contribution in [0.4, 0.5) is 0 Å². The quantitative estimate of drug-likeness (QED) is 0.221. The molecule has 12 heteroatoms. The molecule has 0 saturated heterocycles. The van der Waals surface area contributed by atoms with Crippen molar-refractivity contribution >= 4 is 39.4 Å². The predicted molar refractivity (Wildman–Crippen MR) is 173 cm³/mol. The van der Waals surface area contributed by atoms with Gasteiger partial charge in [-0.3, -0.25) is 19.2 Å². The summed E-state index contributed by atoms with van der Waals surface area (Å²) >= 11 is 6.24. The maximum atomic E-state index is 14.3. The summed E-state index contributed by atoms with van der Waals surface area (Å²) in [6, 6.07) is 19.8. The van der Waals surface area contributed by atoms with Crippen molar-refractivity contribution in [1.29, 1.82) is 0 Å². The van der Waals surface area contributed by atoms with Gasteiger partial charge in [0.25, 0.3) is 11.8 Å². The summed E-state index contributed by atoms with van der Waals surface area (Å²) < 4.78 is 32.2. The number of hydrogen-bond acceptors (Lipinski definition) is 7. The van der Waals surface area contributed by atoms with Crippen molar-refractivity contribution < 1.29 is 32.4 Å². The Labute approximate surface area is 274 Å². The lowest BCUT2D eigenvalue weighted by Gasteiger charge is -2.49. The van der Waals surface area contributed by atoms with Gasteiger partial charge in [0.05, 0.1) is 31.9 Å². The Bertz CT molecular complexity index is 1680. The summed E-state index contributed by atoms with van der Waals surface area (Å²) in [6.45, 7) is 0.0728. The monoisotopic (exact) mass is 667 g/mol. The lowest BCUT2D eigenvalue weighted by molar-refractivity contribution is -0.140. The van der Waals surface area contributed by atoms with Crippen molar-refractivity contribution in [2.75, 3.05) is 13.4 Å². The fourth-order valence-electron chi connectivity index (χ4n) is 6.55. The molecule has 5 rings (SSSR count). The standard InChI is InChI=1S/C34H38ClN3O7S/c1-44-30(39)19-14-22-8-7-9-23(20-22)21-45-36-33(40)31-26-10-3-4-11-27(26)34(41)38(32(31)24-15-17-25(35)18-16-24)29-13-6-5-12-28(29)37-46(2,42)43/h3-4,7-11,15-18,20,28-29,31-32,37H,5-6,12-14,19,21H2,1-2H3,(H,36,40)/t28-,29-,31+,32-/m0/s1. The van der Waals surface area contributed by atoms with E-state index in [1.165, 1.54) is 7.11 Å². The Morgan fingerprint density at radius 2 is 1.70 bits per heavy atom. The second kappa shape index (κ2) is 14.8. The zero-order chi connectivity index (χ0) is 32.8. The molecule has 10 nitrogen and oxygen atoms in total. The van der Waals surface area contributed by atoms with Gasteiger partial charge in [-0.1, -0.05) is 79.0 Å². The van der Waals surface area contributed by atoms with Gasteiger partial charge in [0, 0.05) is 29.1 Å².